The molecule has 5 rings (SSSR count). The Morgan fingerprint density at radius 3 is 2.33 bits per heavy atom. The number of hydrogen-bond acceptors (Lipinski definition) is 6. The molecule has 2 saturated heterocycles. The summed E-state index contributed by atoms with van der Waals surface area (Å²) in [5.74, 6) is 1.83. The number of nitrogens with zero attached hydrogens (tertiary/aromatic N) is 4. The molecule has 0 bridgehead atoms. The predicted octanol–water partition coefficient (Wildman–Crippen LogP) is 4.18. The average molecular weight is 488 g/mol. The van der Waals surface area contributed by atoms with Gasteiger partial charge in [0.1, 0.15) is 11.6 Å². The zero-order chi connectivity index (χ0) is 24.7. The molecule has 2 fully saturated rings. The first-order chi connectivity index (χ1) is 17.7. The number of fused-ring (bicyclic) bond motifs is 1. The van der Waals surface area contributed by atoms with E-state index in [2.05, 4.69) is 32.1 Å². The number of carbonyl (C=O) groups excluding carboxylic acids is 1. The molecule has 0 spiro atoms. The van der Waals surface area contributed by atoms with Crippen LogP contribution in [-0.4, -0.2) is 75.3 Å². The van der Waals surface area contributed by atoms with Gasteiger partial charge >= 0.3 is 0 Å². The van der Waals surface area contributed by atoms with Crippen LogP contribution in [-0.2, 0) is 0 Å². The largest absolute Gasteiger partial charge is 0.497 e. The van der Waals surface area contributed by atoms with Gasteiger partial charge in [-0.05, 0) is 73.8 Å². The van der Waals surface area contributed by atoms with Crippen LogP contribution in [0.5, 0.6) is 5.75 Å². The summed E-state index contributed by atoms with van der Waals surface area (Å²) in [6.07, 6.45) is 7.06. The van der Waals surface area contributed by atoms with Crippen molar-refractivity contribution in [3.63, 3.8) is 0 Å². The number of carbonyl (C=O) groups is 1. The fraction of sp³-hybridized carbons (Fsp3) is 0.448. The zero-order valence-corrected chi connectivity index (χ0v) is 21.3. The number of amides is 1. The quantitative estimate of drug-likeness (QED) is 0.540. The van der Waals surface area contributed by atoms with Gasteiger partial charge < -0.3 is 24.8 Å². The SMILES string of the molecule is COc1ccc(N2CCN(c3nccc4ccc(C(=O)NCCN5CCCCCC5)cc34)CC2)cc1. The summed E-state index contributed by atoms with van der Waals surface area (Å²) >= 11 is 0. The Bertz CT molecular complexity index is 1150. The lowest BCUT2D eigenvalue weighted by Crippen LogP contribution is -2.46. The van der Waals surface area contributed by atoms with Gasteiger partial charge in [0.05, 0.1) is 7.11 Å². The van der Waals surface area contributed by atoms with Crippen LogP contribution < -0.4 is 19.9 Å². The number of ether oxygens (including phenoxy) is 1. The van der Waals surface area contributed by atoms with Gasteiger partial charge in [-0.25, -0.2) is 4.98 Å². The van der Waals surface area contributed by atoms with E-state index in [9.17, 15) is 4.79 Å². The second kappa shape index (κ2) is 11.6. The number of piperazine rings is 1. The van der Waals surface area contributed by atoms with Crippen LogP contribution in [0.4, 0.5) is 11.5 Å². The van der Waals surface area contributed by atoms with Crippen molar-refractivity contribution in [3.05, 3.63) is 60.3 Å². The van der Waals surface area contributed by atoms with E-state index in [-0.39, 0.29) is 5.91 Å². The van der Waals surface area contributed by atoms with E-state index in [0.717, 1.165) is 68.2 Å². The Balaban J connectivity index is 1.23. The van der Waals surface area contributed by atoms with Crippen LogP contribution >= 0.6 is 0 Å². The molecule has 1 N–H and O–H groups in total. The van der Waals surface area contributed by atoms with E-state index in [0.29, 0.717) is 12.1 Å². The highest BCUT2D eigenvalue weighted by molar-refractivity contribution is 6.01. The summed E-state index contributed by atoms with van der Waals surface area (Å²) in [6.45, 7) is 7.49. The molecule has 1 amide bonds. The van der Waals surface area contributed by atoms with Crippen molar-refractivity contribution in [2.75, 3.05) is 69.3 Å². The van der Waals surface area contributed by atoms with Crippen molar-refractivity contribution in [2.45, 2.75) is 25.7 Å². The van der Waals surface area contributed by atoms with Gasteiger partial charge in [-0.3, -0.25) is 4.79 Å². The number of likely N-dealkylation sites (tertiary alicyclic amines) is 1. The predicted molar refractivity (Wildman–Crippen MR) is 146 cm³/mol. The lowest BCUT2D eigenvalue weighted by Gasteiger charge is -2.37. The molecule has 2 aromatic carbocycles. The maximum absolute atomic E-state index is 13.0. The van der Waals surface area contributed by atoms with Crippen LogP contribution in [0.3, 0.4) is 0 Å². The third-order valence-corrected chi connectivity index (χ3v) is 7.44. The fourth-order valence-corrected chi connectivity index (χ4v) is 5.31. The first-order valence-electron chi connectivity index (χ1n) is 13.2. The molecule has 36 heavy (non-hydrogen) atoms. The smallest absolute Gasteiger partial charge is 0.251 e. The summed E-state index contributed by atoms with van der Waals surface area (Å²) in [7, 11) is 1.69. The standard InChI is InChI=1S/C29H37N5O2/c1-36-26-10-8-25(9-11-26)33-18-20-34(21-19-33)28-27-22-24(7-6-23(27)12-13-30-28)29(35)31-14-17-32-15-4-2-3-5-16-32/h6-13,22H,2-5,14-21H2,1H3,(H,31,35). The van der Waals surface area contributed by atoms with Gasteiger partial charge in [0.25, 0.3) is 5.91 Å². The summed E-state index contributed by atoms with van der Waals surface area (Å²) in [5, 5.41) is 5.28. The number of hydrogen-bond donors (Lipinski definition) is 1. The molecule has 2 aliphatic rings. The highest BCUT2D eigenvalue weighted by Gasteiger charge is 2.21. The van der Waals surface area contributed by atoms with Crippen LogP contribution in [0.1, 0.15) is 36.0 Å². The average Bonchev–Trinajstić information content (AvgIpc) is 3.21. The number of aromatic nitrogens is 1. The third-order valence-electron chi connectivity index (χ3n) is 7.44. The molecular weight excluding hydrogens is 450 g/mol. The molecule has 0 radical (unpaired) electrons. The number of pyridine rings is 1. The fourth-order valence-electron chi connectivity index (χ4n) is 5.31. The minimum Gasteiger partial charge on any atom is -0.497 e. The molecule has 2 aliphatic heterocycles. The van der Waals surface area contributed by atoms with Gasteiger partial charge in [-0.2, -0.15) is 0 Å². The Labute approximate surface area is 214 Å². The number of nitrogens with one attached hydrogen (secondary N) is 1. The first-order valence-corrected chi connectivity index (χ1v) is 13.2. The Hall–Kier alpha value is -3.32. The van der Waals surface area contributed by atoms with Gasteiger partial charge in [0.15, 0.2) is 0 Å². The van der Waals surface area contributed by atoms with Crippen molar-refractivity contribution >= 4 is 28.2 Å². The third kappa shape index (κ3) is 5.73. The van der Waals surface area contributed by atoms with Crippen LogP contribution in [0, 0.1) is 0 Å². The van der Waals surface area contributed by atoms with E-state index < -0.39 is 0 Å². The highest BCUT2D eigenvalue weighted by atomic mass is 16.5. The van der Waals surface area contributed by atoms with E-state index in [1.807, 2.05) is 42.6 Å². The number of methoxy groups -OCH3 is 1. The molecule has 3 heterocycles. The molecule has 190 valence electrons. The van der Waals surface area contributed by atoms with Crippen LogP contribution in [0.25, 0.3) is 10.8 Å². The lowest BCUT2D eigenvalue weighted by molar-refractivity contribution is 0.0948. The minimum absolute atomic E-state index is 0.00847. The molecule has 3 aromatic rings. The maximum atomic E-state index is 13.0. The van der Waals surface area contributed by atoms with Crippen molar-refractivity contribution in [3.8, 4) is 5.75 Å². The molecule has 0 unspecified atom stereocenters. The van der Waals surface area contributed by atoms with Crippen molar-refractivity contribution in [1.82, 2.24) is 15.2 Å². The van der Waals surface area contributed by atoms with E-state index >= 15 is 0 Å². The van der Waals surface area contributed by atoms with Crippen LogP contribution in [0.15, 0.2) is 54.7 Å². The normalized spacial score (nSPS) is 17.1. The second-order valence-corrected chi connectivity index (χ2v) is 9.75. The van der Waals surface area contributed by atoms with Gasteiger partial charge in [0.2, 0.25) is 0 Å². The van der Waals surface area contributed by atoms with E-state index in [1.165, 1.54) is 31.4 Å². The molecule has 1 aromatic heterocycles. The zero-order valence-electron chi connectivity index (χ0n) is 21.3. The minimum atomic E-state index is -0.00847. The molecule has 0 atom stereocenters. The molecular formula is C29H37N5O2. The van der Waals surface area contributed by atoms with Crippen LogP contribution in [0.2, 0.25) is 0 Å². The Kier molecular flexibility index (Phi) is 7.86. The summed E-state index contributed by atoms with van der Waals surface area (Å²) in [5.41, 5.74) is 1.91. The van der Waals surface area contributed by atoms with E-state index in [1.54, 1.807) is 7.11 Å². The van der Waals surface area contributed by atoms with Gasteiger partial charge in [-0.15, -0.1) is 0 Å². The highest BCUT2D eigenvalue weighted by Crippen LogP contribution is 2.28. The van der Waals surface area contributed by atoms with Crippen molar-refractivity contribution in [1.29, 1.82) is 0 Å². The monoisotopic (exact) mass is 487 g/mol. The Morgan fingerprint density at radius 2 is 1.61 bits per heavy atom. The maximum Gasteiger partial charge on any atom is 0.251 e. The molecule has 0 aliphatic carbocycles. The number of rotatable bonds is 7. The van der Waals surface area contributed by atoms with Gasteiger partial charge in [0, 0.05) is 62.1 Å². The number of benzene rings is 2. The second-order valence-electron chi connectivity index (χ2n) is 9.75. The first kappa shape index (κ1) is 24.4. The lowest BCUT2D eigenvalue weighted by atomic mass is 10.1. The van der Waals surface area contributed by atoms with Gasteiger partial charge in [-0.1, -0.05) is 18.9 Å². The van der Waals surface area contributed by atoms with E-state index in [4.69, 9.17) is 9.72 Å². The number of anilines is 2. The molecule has 0 saturated carbocycles. The summed E-state index contributed by atoms with van der Waals surface area (Å²) in [6, 6.07) is 16.2. The summed E-state index contributed by atoms with van der Waals surface area (Å²) < 4.78 is 5.29. The summed E-state index contributed by atoms with van der Waals surface area (Å²) in [4.78, 5) is 24.9. The van der Waals surface area contributed by atoms with Crippen molar-refractivity contribution in [2.24, 2.45) is 0 Å². The van der Waals surface area contributed by atoms with Crippen molar-refractivity contribution < 1.29 is 9.53 Å². The molecule has 7 heteroatoms. The topological polar surface area (TPSA) is 60.9 Å². The molecule has 7 nitrogen and oxygen atoms in total. The Morgan fingerprint density at radius 1 is 0.889 bits per heavy atom.